The smallest absolute Gasteiger partial charge is 1.00 e. The van der Waals surface area contributed by atoms with Crippen LogP contribution in [0, 0.1) is 0 Å². The molecule has 0 fully saturated rings. The van der Waals surface area contributed by atoms with E-state index in [9.17, 15) is 0 Å². The number of thiocarbonyl (C=S) groups is 1. The van der Waals surface area contributed by atoms with Gasteiger partial charge in [-0.1, -0.05) is 103 Å². The molecule has 0 amide bonds. The Morgan fingerprint density at radius 1 is 0.762 bits per heavy atom. The maximum absolute atomic E-state index is 5.14. The molecule has 0 radical (unpaired) electrons. The molecule has 122 valence electrons. The first kappa shape index (κ1) is 24.5. The SMILES string of the molecule is CCCCCCCCCCCCCCCCOC(=S)S.[H-].[Na+]. The first-order chi connectivity index (χ1) is 9.77. The van der Waals surface area contributed by atoms with Gasteiger partial charge in [0.15, 0.2) is 0 Å². The van der Waals surface area contributed by atoms with E-state index in [1.165, 1.54) is 83.5 Å². The van der Waals surface area contributed by atoms with Gasteiger partial charge in [-0.25, -0.2) is 0 Å². The summed E-state index contributed by atoms with van der Waals surface area (Å²) in [6, 6.07) is 0. The summed E-state index contributed by atoms with van der Waals surface area (Å²) in [5.41, 5.74) is 0. The van der Waals surface area contributed by atoms with Crippen molar-refractivity contribution < 1.29 is 35.7 Å². The van der Waals surface area contributed by atoms with Gasteiger partial charge in [0.1, 0.15) is 0 Å². The summed E-state index contributed by atoms with van der Waals surface area (Å²) < 4.78 is 5.52. The number of thiol groups is 1. The van der Waals surface area contributed by atoms with Crippen LogP contribution in [-0.2, 0) is 4.74 Å². The molecule has 4 heteroatoms. The van der Waals surface area contributed by atoms with Gasteiger partial charge >= 0.3 is 29.6 Å². The maximum Gasteiger partial charge on any atom is 1.00 e. The Hall–Kier alpha value is 1.24. The minimum Gasteiger partial charge on any atom is -1.00 e. The second-order valence-electron chi connectivity index (χ2n) is 5.71. The fourth-order valence-electron chi connectivity index (χ4n) is 2.46. The van der Waals surface area contributed by atoms with Crippen molar-refractivity contribution in [1.82, 2.24) is 0 Å². The molecule has 0 saturated carbocycles. The Kier molecular flexibility index (Phi) is 24.8. The molecule has 0 aliphatic carbocycles. The third-order valence-electron chi connectivity index (χ3n) is 3.72. The van der Waals surface area contributed by atoms with Crippen molar-refractivity contribution in [3.05, 3.63) is 0 Å². The molecule has 0 bridgehead atoms. The van der Waals surface area contributed by atoms with E-state index in [0.717, 1.165) is 13.0 Å². The van der Waals surface area contributed by atoms with Crippen LogP contribution in [0.2, 0.25) is 0 Å². The van der Waals surface area contributed by atoms with Gasteiger partial charge in [-0.3, -0.25) is 0 Å². The Labute approximate surface area is 167 Å². The molecule has 21 heavy (non-hydrogen) atoms. The average Bonchev–Trinajstić information content (AvgIpc) is 2.43. The van der Waals surface area contributed by atoms with Crippen LogP contribution in [0.5, 0.6) is 0 Å². The van der Waals surface area contributed by atoms with E-state index in [1.54, 1.807) is 0 Å². The fourth-order valence-corrected chi connectivity index (χ4v) is 2.63. The second-order valence-corrected chi connectivity index (χ2v) is 6.79. The molecule has 0 spiro atoms. The predicted molar refractivity (Wildman–Crippen MR) is 99.0 cm³/mol. The van der Waals surface area contributed by atoms with Gasteiger partial charge in [-0.15, -0.1) is 0 Å². The summed E-state index contributed by atoms with van der Waals surface area (Å²) in [4.78, 5) is 0. The van der Waals surface area contributed by atoms with Crippen LogP contribution in [0.15, 0.2) is 0 Å². The normalized spacial score (nSPS) is 10.2. The van der Waals surface area contributed by atoms with E-state index in [-0.39, 0.29) is 31.0 Å². The number of hydrogen-bond donors (Lipinski definition) is 1. The third-order valence-corrected chi connectivity index (χ3v) is 3.97. The quantitative estimate of drug-likeness (QED) is 0.210. The van der Waals surface area contributed by atoms with E-state index in [1.807, 2.05) is 0 Å². The van der Waals surface area contributed by atoms with Crippen molar-refractivity contribution >= 4 is 29.2 Å². The van der Waals surface area contributed by atoms with Gasteiger partial charge in [0.2, 0.25) is 4.38 Å². The number of unbranched alkanes of at least 4 members (excludes halogenated alkanes) is 13. The number of rotatable bonds is 15. The van der Waals surface area contributed by atoms with Gasteiger partial charge in [0.05, 0.1) is 6.61 Å². The molecule has 0 unspecified atom stereocenters. The molecule has 0 N–H and O–H groups in total. The van der Waals surface area contributed by atoms with Crippen molar-refractivity contribution in [3.8, 4) is 0 Å². The first-order valence-corrected chi connectivity index (χ1v) is 9.48. The van der Waals surface area contributed by atoms with Crippen LogP contribution in [0.1, 0.15) is 98.2 Å². The van der Waals surface area contributed by atoms with Gasteiger partial charge < -0.3 is 6.16 Å². The van der Waals surface area contributed by atoms with Crippen molar-refractivity contribution in [1.29, 1.82) is 0 Å². The molecule has 0 saturated heterocycles. The molecular weight excluding hydrogens is 307 g/mol. The Morgan fingerprint density at radius 3 is 1.43 bits per heavy atom. The zero-order valence-corrected chi connectivity index (χ0v) is 18.1. The molecule has 0 aliphatic rings. The zero-order valence-electron chi connectivity index (χ0n) is 15.4. The Balaban J connectivity index is -0.00000180. The molecule has 0 aliphatic heterocycles. The van der Waals surface area contributed by atoms with Crippen LogP contribution >= 0.6 is 24.8 Å². The van der Waals surface area contributed by atoms with Crippen molar-refractivity contribution in [2.75, 3.05) is 6.61 Å². The molecule has 0 rings (SSSR count). The van der Waals surface area contributed by atoms with Crippen molar-refractivity contribution in [3.63, 3.8) is 0 Å². The standard InChI is InChI=1S/C17H34OS2.Na.H/c1-2-3-4-5-6-7-8-9-10-11-12-13-14-15-16-18-17(19)20;;/h2-16H2,1H3,(H,19,20);;/q;+1;-1. The Bertz CT molecular complexity index is 219. The molecular formula is C17H35NaOS2. The molecule has 0 aromatic rings. The first-order valence-electron chi connectivity index (χ1n) is 8.63. The molecule has 0 aromatic heterocycles. The summed E-state index contributed by atoms with van der Waals surface area (Å²) >= 11 is 8.67. The zero-order chi connectivity index (χ0) is 14.9. The van der Waals surface area contributed by atoms with E-state index in [0.29, 0.717) is 4.38 Å². The van der Waals surface area contributed by atoms with Crippen LogP contribution in [0.25, 0.3) is 0 Å². The third kappa shape index (κ3) is 23.6. The fraction of sp³-hybridized carbons (Fsp3) is 0.941. The predicted octanol–water partition coefficient (Wildman–Crippen LogP) is 3.82. The minimum atomic E-state index is 0. The van der Waals surface area contributed by atoms with Gasteiger partial charge in [0, 0.05) is 0 Å². The maximum atomic E-state index is 5.14. The summed E-state index contributed by atoms with van der Waals surface area (Å²) in [6.07, 6.45) is 19.4. The van der Waals surface area contributed by atoms with E-state index in [2.05, 4.69) is 19.6 Å². The molecule has 1 nitrogen and oxygen atoms in total. The van der Waals surface area contributed by atoms with E-state index >= 15 is 0 Å². The minimum absolute atomic E-state index is 0. The van der Waals surface area contributed by atoms with Crippen LogP contribution in [0.3, 0.4) is 0 Å². The number of ether oxygens (including phenoxy) is 1. The van der Waals surface area contributed by atoms with Crippen LogP contribution < -0.4 is 29.6 Å². The summed E-state index contributed by atoms with van der Waals surface area (Å²) in [5, 5.41) is 0. The molecule has 0 aromatic carbocycles. The van der Waals surface area contributed by atoms with Gasteiger partial charge in [-0.05, 0) is 18.6 Å². The summed E-state index contributed by atoms with van der Waals surface area (Å²) in [5.74, 6) is 0. The second kappa shape index (κ2) is 21.2. The van der Waals surface area contributed by atoms with Crippen LogP contribution in [0.4, 0.5) is 0 Å². The monoisotopic (exact) mass is 342 g/mol. The van der Waals surface area contributed by atoms with Crippen molar-refractivity contribution in [2.45, 2.75) is 96.8 Å². The molecule has 0 atom stereocenters. The summed E-state index contributed by atoms with van der Waals surface area (Å²) in [7, 11) is 0. The van der Waals surface area contributed by atoms with E-state index < -0.39 is 0 Å². The van der Waals surface area contributed by atoms with Gasteiger partial charge in [-0.2, -0.15) is 0 Å². The average molecular weight is 343 g/mol. The number of hydrogen-bond acceptors (Lipinski definition) is 2. The largest absolute Gasteiger partial charge is 1.00 e. The Morgan fingerprint density at radius 2 is 1.10 bits per heavy atom. The summed E-state index contributed by atoms with van der Waals surface area (Å²) in [6.45, 7) is 3.02. The van der Waals surface area contributed by atoms with E-state index in [4.69, 9.17) is 17.0 Å². The topological polar surface area (TPSA) is 9.23 Å². The molecule has 0 heterocycles. The van der Waals surface area contributed by atoms with Crippen molar-refractivity contribution in [2.24, 2.45) is 0 Å². The van der Waals surface area contributed by atoms with Gasteiger partial charge in [0.25, 0.3) is 0 Å². The van der Waals surface area contributed by atoms with Crippen LogP contribution in [-0.4, -0.2) is 11.0 Å².